The summed E-state index contributed by atoms with van der Waals surface area (Å²) in [5.74, 6) is 3.69. The fourth-order valence-electron chi connectivity index (χ4n) is 3.93. The molecule has 0 aromatic heterocycles. The lowest BCUT2D eigenvalue weighted by atomic mass is 9.69. The highest BCUT2D eigenvalue weighted by molar-refractivity contribution is 5.07. The second kappa shape index (κ2) is 5.35. The van der Waals surface area contributed by atoms with E-state index < -0.39 is 0 Å². The molecule has 1 heteroatoms. The standard InChI is InChI=1S/C15H27N/c1-4-13-10-16-6-5-15(13)14-8-11(2)7-12(3)9-14/h7,11,13-16H,4-6,8-10H2,1-3H3. The quantitative estimate of drug-likeness (QED) is 0.702. The van der Waals surface area contributed by atoms with Crippen molar-refractivity contribution >= 4 is 0 Å². The van der Waals surface area contributed by atoms with Crippen molar-refractivity contribution < 1.29 is 0 Å². The highest BCUT2D eigenvalue weighted by Crippen LogP contribution is 2.39. The molecule has 1 heterocycles. The minimum absolute atomic E-state index is 0.811. The van der Waals surface area contributed by atoms with Gasteiger partial charge in [-0.05, 0) is 62.9 Å². The van der Waals surface area contributed by atoms with Crippen LogP contribution in [0.2, 0.25) is 0 Å². The van der Waals surface area contributed by atoms with Crippen LogP contribution in [0.25, 0.3) is 0 Å². The van der Waals surface area contributed by atoms with Gasteiger partial charge >= 0.3 is 0 Å². The van der Waals surface area contributed by atoms with Gasteiger partial charge in [-0.1, -0.05) is 31.9 Å². The average Bonchev–Trinajstić information content (AvgIpc) is 2.27. The maximum Gasteiger partial charge on any atom is -0.00179 e. The van der Waals surface area contributed by atoms with Gasteiger partial charge in [0.1, 0.15) is 0 Å². The number of hydrogen-bond donors (Lipinski definition) is 1. The molecule has 1 fully saturated rings. The van der Waals surface area contributed by atoms with Crippen LogP contribution in [0.15, 0.2) is 11.6 Å². The Morgan fingerprint density at radius 2 is 2.25 bits per heavy atom. The van der Waals surface area contributed by atoms with Gasteiger partial charge < -0.3 is 5.32 Å². The Labute approximate surface area is 101 Å². The Hall–Kier alpha value is -0.300. The van der Waals surface area contributed by atoms with E-state index in [-0.39, 0.29) is 0 Å². The molecule has 16 heavy (non-hydrogen) atoms. The lowest BCUT2D eigenvalue weighted by Gasteiger charge is -2.40. The number of piperidine rings is 1. The second-order valence-electron chi connectivity index (χ2n) is 6.02. The van der Waals surface area contributed by atoms with Crippen molar-refractivity contribution in [2.24, 2.45) is 23.7 Å². The first-order chi connectivity index (χ1) is 7.70. The summed E-state index contributed by atoms with van der Waals surface area (Å²) >= 11 is 0. The van der Waals surface area contributed by atoms with E-state index in [1.54, 1.807) is 5.57 Å². The van der Waals surface area contributed by atoms with Gasteiger partial charge in [0.2, 0.25) is 0 Å². The summed E-state index contributed by atoms with van der Waals surface area (Å²) < 4.78 is 0. The Balaban J connectivity index is 2.02. The van der Waals surface area contributed by atoms with Crippen LogP contribution in [-0.2, 0) is 0 Å². The van der Waals surface area contributed by atoms with Crippen molar-refractivity contribution in [1.29, 1.82) is 0 Å². The second-order valence-corrected chi connectivity index (χ2v) is 6.02. The van der Waals surface area contributed by atoms with E-state index in [4.69, 9.17) is 0 Å². The molecule has 2 aliphatic rings. The molecule has 0 radical (unpaired) electrons. The maximum absolute atomic E-state index is 3.56. The minimum Gasteiger partial charge on any atom is -0.316 e. The van der Waals surface area contributed by atoms with E-state index in [0.29, 0.717) is 0 Å². The molecule has 1 aliphatic heterocycles. The summed E-state index contributed by atoms with van der Waals surface area (Å²) in [6.45, 7) is 9.58. The van der Waals surface area contributed by atoms with Crippen LogP contribution in [0, 0.1) is 23.7 Å². The number of rotatable bonds is 2. The van der Waals surface area contributed by atoms with E-state index in [2.05, 4.69) is 32.2 Å². The van der Waals surface area contributed by atoms with Crippen molar-refractivity contribution in [2.75, 3.05) is 13.1 Å². The predicted molar refractivity (Wildman–Crippen MR) is 70.4 cm³/mol. The van der Waals surface area contributed by atoms with Crippen molar-refractivity contribution in [2.45, 2.75) is 46.5 Å². The fraction of sp³-hybridized carbons (Fsp3) is 0.867. The monoisotopic (exact) mass is 221 g/mol. The van der Waals surface area contributed by atoms with Crippen LogP contribution in [-0.4, -0.2) is 13.1 Å². The maximum atomic E-state index is 3.56. The molecule has 4 atom stereocenters. The summed E-state index contributed by atoms with van der Waals surface area (Å²) in [6, 6.07) is 0. The van der Waals surface area contributed by atoms with Crippen LogP contribution in [0.1, 0.15) is 46.5 Å². The lowest BCUT2D eigenvalue weighted by Crippen LogP contribution is -2.40. The number of hydrogen-bond acceptors (Lipinski definition) is 1. The zero-order valence-electron chi connectivity index (χ0n) is 11.1. The highest BCUT2D eigenvalue weighted by atomic mass is 14.9. The fourth-order valence-corrected chi connectivity index (χ4v) is 3.93. The molecule has 0 aromatic rings. The summed E-state index contributed by atoms with van der Waals surface area (Å²) in [7, 11) is 0. The van der Waals surface area contributed by atoms with Gasteiger partial charge in [0.25, 0.3) is 0 Å². The Kier molecular flexibility index (Phi) is 4.07. The predicted octanol–water partition coefficient (Wildman–Crippen LogP) is 3.61. The van der Waals surface area contributed by atoms with Gasteiger partial charge in [-0.25, -0.2) is 0 Å². The molecule has 2 rings (SSSR count). The molecule has 0 aromatic carbocycles. The first-order valence-electron chi connectivity index (χ1n) is 7.08. The smallest absolute Gasteiger partial charge is 0.00179 e. The van der Waals surface area contributed by atoms with Crippen molar-refractivity contribution in [3.63, 3.8) is 0 Å². The first-order valence-corrected chi connectivity index (χ1v) is 7.08. The van der Waals surface area contributed by atoms with E-state index in [9.17, 15) is 0 Å². The molecule has 1 N–H and O–H groups in total. The largest absolute Gasteiger partial charge is 0.316 e. The van der Waals surface area contributed by atoms with Gasteiger partial charge in [-0.15, -0.1) is 0 Å². The van der Waals surface area contributed by atoms with Crippen LogP contribution < -0.4 is 5.32 Å². The third-order valence-electron chi connectivity index (χ3n) is 4.62. The topological polar surface area (TPSA) is 12.0 Å². The van der Waals surface area contributed by atoms with Crippen LogP contribution in [0.3, 0.4) is 0 Å². The van der Waals surface area contributed by atoms with E-state index in [1.165, 1.54) is 38.8 Å². The summed E-state index contributed by atoms with van der Waals surface area (Å²) in [6.07, 6.45) is 8.04. The lowest BCUT2D eigenvalue weighted by molar-refractivity contribution is 0.147. The molecule has 0 spiro atoms. The molecule has 0 amide bonds. The zero-order valence-corrected chi connectivity index (χ0v) is 11.1. The summed E-state index contributed by atoms with van der Waals surface area (Å²) in [5.41, 5.74) is 1.64. The van der Waals surface area contributed by atoms with Gasteiger partial charge in [0.15, 0.2) is 0 Å². The first kappa shape index (κ1) is 12.2. The van der Waals surface area contributed by atoms with Crippen LogP contribution >= 0.6 is 0 Å². The summed E-state index contributed by atoms with van der Waals surface area (Å²) in [5, 5.41) is 3.56. The Bertz CT molecular complexity index is 256. The van der Waals surface area contributed by atoms with Crippen molar-refractivity contribution in [3.8, 4) is 0 Å². The molecule has 0 saturated carbocycles. The molecular weight excluding hydrogens is 194 g/mol. The van der Waals surface area contributed by atoms with E-state index in [1.807, 2.05) is 0 Å². The molecule has 1 nitrogen and oxygen atoms in total. The zero-order chi connectivity index (χ0) is 11.5. The van der Waals surface area contributed by atoms with Crippen LogP contribution in [0.4, 0.5) is 0 Å². The number of allylic oxidation sites excluding steroid dienone is 2. The minimum atomic E-state index is 0.811. The number of nitrogens with one attached hydrogen (secondary N) is 1. The van der Waals surface area contributed by atoms with Gasteiger partial charge in [-0.2, -0.15) is 0 Å². The SMILES string of the molecule is CCC1CNCCC1C1CC(C)=CC(C)C1. The molecule has 1 saturated heterocycles. The van der Waals surface area contributed by atoms with E-state index in [0.717, 1.165) is 23.7 Å². The average molecular weight is 221 g/mol. The molecular formula is C15H27N. The van der Waals surface area contributed by atoms with Gasteiger partial charge in [0.05, 0.1) is 0 Å². The van der Waals surface area contributed by atoms with E-state index >= 15 is 0 Å². The van der Waals surface area contributed by atoms with Gasteiger partial charge in [-0.3, -0.25) is 0 Å². The van der Waals surface area contributed by atoms with Crippen LogP contribution in [0.5, 0.6) is 0 Å². The third kappa shape index (κ3) is 2.68. The molecule has 4 unspecified atom stereocenters. The molecule has 1 aliphatic carbocycles. The normalized spacial score (nSPS) is 40.6. The molecule has 0 bridgehead atoms. The van der Waals surface area contributed by atoms with Gasteiger partial charge in [0, 0.05) is 0 Å². The Morgan fingerprint density at radius 3 is 2.94 bits per heavy atom. The molecule has 92 valence electrons. The van der Waals surface area contributed by atoms with Crippen molar-refractivity contribution in [3.05, 3.63) is 11.6 Å². The van der Waals surface area contributed by atoms with Crippen molar-refractivity contribution in [1.82, 2.24) is 5.32 Å². The Morgan fingerprint density at radius 1 is 1.44 bits per heavy atom. The summed E-state index contributed by atoms with van der Waals surface area (Å²) in [4.78, 5) is 0. The highest BCUT2D eigenvalue weighted by Gasteiger charge is 2.32. The third-order valence-corrected chi connectivity index (χ3v) is 4.62.